The molecule has 29 heavy (non-hydrogen) atoms. The lowest BCUT2D eigenvalue weighted by atomic mass is 9.88. The van der Waals surface area contributed by atoms with Gasteiger partial charge in [-0.1, -0.05) is 36.8 Å². The Morgan fingerprint density at radius 1 is 1.14 bits per heavy atom. The minimum absolute atomic E-state index is 0.0920. The largest absolute Gasteiger partial charge is 0.497 e. The highest BCUT2D eigenvalue weighted by atomic mass is 32.2. The average molecular weight is 419 g/mol. The SMILES string of the molecule is COc1ccc(S(=O)(=O)N2CCCC[C@@H](Cc3ccccc3)[C@H]2C(=O)NO)cc1. The average Bonchev–Trinajstić information content (AvgIpc) is 2.97. The molecule has 1 aliphatic heterocycles. The number of hydroxylamine groups is 1. The van der Waals surface area contributed by atoms with Gasteiger partial charge in [-0.15, -0.1) is 0 Å². The zero-order valence-corrected chi connectivity index (χ0v) is 17.1. The van der Waals surface area contributed by atoms with E-state index in [1.165, 1.54) is 23.5 Å². The highest BCUT2D eigenvalue weighted by Gasteiger charge is 2.41. The van der Waals surface area contributed by atoms with Crippen molar-refractivity contribution < 1.29 is 23.2 Å². The Morgan fingerprint density at radius 3 is 2.45 bits per heavy atom. The Hall–Kier alpha value is -2.42. The zero-order valence-electron chi connectivity index (χ0n) is 16.3. The second-order valence-corrected chi connectivity index (χ2v) is 9.05. The van der Waals surface area contributed by atoms with Crippen LogP contribution in [0.5, 0.6) is 5.75 Å². The van der Waals surface area contributed by atoms with Crippen molar-refractivity contribution in [2.45, 2.75) is 36.6 Å². The molecule has 1 amide bonds. The minimum Gasteiger partial charge on any atom is -0.497 e. The first-order chi connectivity index (χ1) is 14.0. The third-order valence-corrected chi connectivity index (χ3v) is 7.24. The number of rotatable bonds is 6. The van der Waals surface area contributed by atoms with E-state index in [2.05, 4.69) is 0 Å². The summed E-state index contributed by atoms with van der Waals surface area (Å²) >= 11 is 0. The van der Waals surface area contributed by atoms with E-state index in [0.717, 1.165) is 12.0 Å². The third-order valence-electron chi connectivity index (χ3n) is 5.35. The first-order valence-corrected chi connectivity index (χ1v) is 11.0. The van der Waals surface area contributed by atoms with Gasteiger partial charge in [0.05, 0.1) is 12.0 Å². The van der Waals surface area contributed by atoms with Gasteiger partial charge < -0.3 is 4.74 Å². The molecule has 0 aromatic heterocycles. The lowest BCUT2D eigenvalue weighted by molar-refractivity contribution is -0.134. The monoisotopic (exact) mass is 418 g/mol. The summed E-state index contributed by atoms with van der Waals surface area (Å²) in [5.41, 5.74) is 2.71. The lowest BCUT2D eigenvalue weighted by Crippen LogP contribution is -2.52. The number of carbonyl (C=O) groups is 1. The number of amides is 1. The number of carbonyl (C=O) groups excluding carboxylic acids is 1. The number of nitrogens with one attached hydrogen (secondary N) is 1. The van der Waals surface area contributed by atoms with Crippen LogP contribution >= 0.6 is 0 Å². The van der Waals surface area contributed by atoms with Crippen LogP contribution in [-0.2, 0) is 21.2 Å². The zero-order chi connectivity index (χ0) is 20.9. The van der Waals surface area contributed by atoms with Gasteiger partial charge in [0, 0.05) is 6.54 Å². The molecule has 7 nitrogen and oxygen atoms in total. The maximum absolute atomic E-state index is 13.4. The Balaban J connectivity index is 1.98. The van der Waals surface area contributed by atoms with Crippen LogP contribution in [0.3, 0.4) is 0 Å². The summed E-state index contributed by atoms with van der Waals surface area (Å²) < 4.78 is 33.1. The molecule has 0 aliphatic carbocycles. The Kier molecular flexibility index (Phi) is 6.89. The van der Waals surface area contributed by atoms with Crippen molar-refractivity contribution in [2.24, 2.45) is 5.92 Å². The molecule has 1 heterocycles. The van der Waals surface area contributed by atoms with E-state index >= 15 is 0 Å². The quantitative estimate of drug-likeness (QED) is 0.555. The van der Waals surface area contributed by atoms with Crippen molar-refractivity contribution in [3.63, 3.8) is 0 Å². The molecule has 2 N–H and O–H groups in total. The van der Waals surface area contributed by atoms with Crippen LogP contribution in [0.15, 0.2) is 59.5 Å². The van der Waals surface area contributed by atoms with Gasteiger partial charge in [-0.3, -0.25) is 10.0 Å². The summed E-state index contributed by atoms with van der Waals surface area (Å²) in [5.74, 6) is -0.406. The summed E-state index contributed by atoms with van der Waals surface area (Å²) in [5, 5.41) is 9.35. The number of hydrogen-bond donors (Lipinski definition) is 2. The molecule has 3 rings (SSSR count). The molecule has 0 bridgehead atoms. The first kappa shape index (κ1) is 21.3. The molecule has 1 saturated heterocycles. The fourth-order valence-corrected chi connectivity index (χ4v) is 5.59. The molecule has 8 heteroatoms. The number of nitrogens with zero attached hydrogens (tertiary/aromatic N) is 1. The fraction of sp³-hybridized carbons (Fsp3) is 0.381. The molecule has 2 aromatic rings. The van der Waals surface area contributed by atoms with Crippen molar-refractivity contribution in [1.82, 2.24) is 9.79 Å². The number of sulfonamides is 1. The Labute approximate surface area is 171 Å². The fourth-order valence-electron chi connectivity index (χ4n) is 3.90. The van der Waals surface area contributed by atoms with Crippen molar-refractivity contribution in [1.29, 1.82) is 0 Å². The Bertz CT molecular complexity index is 916. The molecule has 0 radical (unpaired) electrons. The van der Waals surface area contributed by atoms with Crippen LogP contribution in [0, 0.1) is 5.92 Å². The molecule has 0 unspecified atom stereocenters. The molecule has 0 spiro atoms. The lowest BCUT2D eigenvalue weighted by Gasteiger charge is -2.32. The summed E-state index contributed by atoms with van der Waals surface area (Å²) in [6, 6.07) is 14.8. The van der Waals surface area contributed by atoms with E-state index in [1.54, 1.807) is 17.6 Å². The predicted octanol–water partition coefficient (Wildman–Crippen LogP) is 2.60. The summed E-state index contributed by atoms with van der Waals surface area (Å²) in [7, 11) is -2.43. The van der Waals surface area contributed by atoms with Gasteiger partial charge in [-0.05, 0) is 55.0 Å². The van der Waals surface area contributed by atoms with Gasteiger partial charge >= 0.3 is 0 Å². The van der Waals surface area contributed by atoms with Crippen molar-refractivity contribution >= 4 is 15.9 Å². The number of hydrogen-bond acceptors (Lipinski definition) is 5. The minimum atomic E-state index is -3.93. The van der Waals surface area contributed by atoms with Crippen LogP contribution in [-0.4, -0.2) is 43.5 Å². The number of methoxy groups -OCH3 is 1. The van der Waals surface area contributed by atoms with Crippen LogP contribution in [0.1, 0.15) is 24.8 Å². The second kappa shape index (κ2) is 9.39. The highest BCUT2D eigenvalue weighted by Crippen LogP contribution is 2.31. The van der Waals surface area contributed by atoms with Crippen molar-refractivity contribution in [3.05, 3.63) is 60.2 Å². The Morgan fingerprint density at radius 2 is 1.83 bits per heavy atom. The molecular formula is C21H26N2O5S. The molecule has 1 aliphatic rings. The van der Waals surface area contributed by atoms with E-state index in [1.807, 2.05) is 30.3 Å². The van der Waals surface area contributed by atoms with Crippen molar-refractivity contribution in [3.8, 4) is 5.75 Å². The van der Waals surface area contributed by atoms with Gasteiger partial charge in [0.1, 0.15) is 11.8 Å². The molecule has 1 fully saturated rings. The van der Waals surface area contributed by atoms with E-state index in [-0.39, 0.29) is 17.4 Å². The topological polar surface area (TPSA) is 95.9 Å². The highest BCUT2D eigenvalue weighted by molar-refractivity contribution is 7.89. The molecule has 0 saturated carbocycles. The maximum atomic E-state index is 13.4. The van der Waals surface area contributed by atoms with Crippen LogP contribution < -0.4 is 10.2 Å². The standard InChI is InChI=1S/C21H26N2O5S/c1-28-18-10-12-19(13-11-18)29(26,27)23-14-6-5-9-17(20(23)21(24)22-25)15-16-7-3-2-4-8-16/h2-4,7-8,10-13,17,20,25H,5-6,9,14-15H2,1H3,(H,22,24)/t17-,20-/m0/s1. The van der Waals surface area contributed by atoms with Gasteiger partial charge in [0.25, 0.3) is 5.91 Å². The third kappa shape index (κ3) is 4.77. The predicted molar refractivity (Wildman–Crippen MR) is 108 cm³/mol. The molecule has 156 valence electrons. The molecule has 2 atom stereocenters. The maximum Gasteiger partial charge on any atom is 0.262 e. The molecule has 2 aromatic carbocycles. The van der Waals surface area contributed by atoms with Gasteiger partial charge in [-0.25, -0.2) is 13.9 Å². The molecular weight excluding hydrogens is 392 g/mol. The van der Waals surface area contributed by atoms with Gasteiger partial charge in [0.15, 0.2) is 0 Å². The van der Waals surface area contributed by atoms with E-state index in [0.29, 0.717) is 25.0 Å². The van der Waals surface area contributed by atoms with Gasteiger partial charge in [0.2, 0.25) is 10.0 Å². The van der Waals surface area contributed by atoms with Crippen LogP contribution in [0.25, 0.3) is 0 Å². The van der Waals surface area contributed by atoms with Crippen LogP contribution in [0.4, 0.5) is 0 Å². The normalized spacial score (nSPS) is 20.6. The number of benzene rings is 2. The van der Waals surface area contributed by atoms with Crippen LogP contribution in [0.2, 0.25) is 0 Å². The van der Waals surface area contributed by atoms with Gasteiger partial charge in [-0.2, -0.15) is 4.31 Å². The van der Waals surface area contributed by atoms with E-state index in [9.17, 15) is 18.4 Å². The summed E-state index contributed by atoms with van der Waals surface area (Å²) in [6.45, 7) is 0.220. The first-order valence-electron chi connectivity index (χ1n) is 9.61. The second-order valence-electron chi connectivity index (χ2n) is 7.16. The smallest absolute Gasteiger partial charge is 0.262 e. The van der Waals surface area contributed by atoms with E-state index in [4.69, 9.17) is 4.74 Å². The summed E-state index contributed by atoms with van der Waals surface area (Å²) in [4.78, 5) is 12.7. The van der Waals surface area contributed by atoms with Crippen molar-refractivity contribution in [2.75, 3.05) is 13.7 Å². The van der Waals surface area contributed by atoms with E-state index < -0.39 is 22.0 Å². The number of ether oxygens (including phenoxy) is 1. The summed E-state index contributed by atoms with van der Waals surface area (Å²) in [6.07, 6.45) is 2.70.